The number of likely N-dealkylation sites (tertiary alicyclic amines) is 1. The molecule has 3 aromatic rings. The van der Waals surface area contributed by atoms with Gasteiger partial charge in [-0.15, -0.1) is 0 Å². The molecule has 0 saturated carbocycles. The van der Waals surface area contributed by atoms with Crippen molar-refractivity contribution in [1.29, 1.82) is 0 Å². The average Bonchev–Trinajstić information content (AvgIpc) is 3.06. The molecule has 1 saturated heterocycles. The lowest BCUT2D eigenvalue weighted by molar-refractivity contribution is 0.0870. The van der Waals surface area contributed by atoms with E-state index in [1.54, 1.807) is 0 Å². The van der Waals surface area contributed by atoms with Gasteiger partial charge in [-0.25, -0.2) is 0 Å². The molecule has 0 spiro atoms. The number of nitrogens with one attached hydrogen (secondary N) is 1. The van der Waals surface area contributed by atoms with Crippen LogP contribution in [0.3, 0.4) is 0 Å². The fourth-order valence-corrected chi connectivity index (χ4v) is 3.93. The second-order valence-electron chi connectivity index (χ2n) is 7.29. The van der Waals surface area contributed by atoms with Gasteiger partial charge in [0.25, 0.3) is 5.91 Å². The molecule has 140 valence electrons. The zero-order chi connectivity index (χ0) is 18.8. The van der Waals surface area contributed by atoms with Gasteiger partial charge in [-0.3, -0.25) is 14.7 Å². The van der Waals surface area contributed by atoms with Crippen molar-refractivity contribution in [1.82, 2.24) is 15.2 Å². The number of aryl methyl sites for hydroxylation is 1. The fourth-order valence-electron chi connectivity index (χ4n) is 3.93. The number of hydrogen-bond donors (Lipinski definition) is 1. The number of fused-ring (bicyclic) bond motifs is 1. The normalized spacial score (nSPS) is 17.1. The van der Waals surface area contributed by atoms with Crippen molar-refractivity contribution in [2.45, 2.75) is 38.8 Å². The predicted molar refractivity (Wildman–Crippen MR) is 106 cm³/mol. The Hall–Kier alpha value is -2.66. The molecular weight excluding hydrogens is 338 g/mol. The Morgan fingerprint density at radius 2 is 1.89 bits per heavy atom. The molecule has 0 aliphatic carbocycles. The third-order valence-electron chi connectivity index (χ3n) is 5.65. The zero-order valence-electron chi connectivity index (χ0n) is 15.8. The lowest BCUT2D eigenvalue weighted by Gasteiger charge is -2.36. The first-order valence-corrected chi connectivity index (χ1v) is 9.56. The summed E-state index contributed by atoms with van der Waals surface area (Å²) < 4.78 is 5.79. The minimum atomic E-state index is -0.107. The first-order valence-electron chi connectivity index (χ1n) is 9.56. The maximum absolute atomic E-state index is 12.7. The molecule has 1 N–H and O–H groups in total. The van der Waals surface area contributed by atoms with Crippen LogP contribution in [0, 0.1) is 6.92 Å². The second kappa shape index (κ2) is 7.53. The lowest BCUT2D eigenvalue weighted by atomic mass is 10.0. The Morgan fingerprint density at radius 3 is 2.59 bits per heavy atom. The van der Waals surface area contributed by atoms with Crippen LogP contribution >= 0.6 is 0 Å². The Labute approximate surface area is 159 Å². The Kier molecular flexibility index (Phi) is 4.94. The summed E-state index contributed by atoms with van der Waals surface area (Å²) in [6, 6.07) is 12.5. The summed E-state index contributed by atoms with van der Waals surface area (Å²) in [6.45, 7) is 6.10. The van der Waals surface area contributed by atoms with Crippen molar-refractivity contribution in [3.05, 3.63) is 65.7 Å². The van der Waals surface area contributed by atoms with E-state index in [4.69, 9.17) is 4.42 Å². The molecule has 0 radical (unpaired) electrons. The van der Waals surface area contributed by atoms with Gasteiger partial charge in [-0.1, -0.05) is 18.2 Å². The third kappa shape index (κ3) is 3.60. The molecule has 1 aromatic carbocycles. The van der Waals surface area contributed by atoms with E-state index in [1.807, 2.05) is 43.6 Å². The summed E-state index contributed by atoms with van der Waals surface area (Å²) in [7, 11) is 0. The summed E-state index contributed by atoms with van der Waals surface area (Å²) in [6.07, 6.45) is 5.57. The average molecular weight is 363 g/mol. The maximum atomic E-state index is 12.7. The summed E-state index contributed by atoms with van der Waals surface area (Å²) in [4.78, 5) is 19.3. The summed E-state index contributed by atoms with van der Waals surface area (Å²) in [5.41, 5.74) is 2.96. The molecule has 5 nitrogen and oxygen atoms in total. The van der Waals surface area contributed by atoms with Crippen LogP contribution < -0.4 is 5.32 Å². The number of furan rings is 1. The number of pyridine rings is 1. The topological polar surface area (TPSA) is 58.4 Å². The summed E-state index contributed by atoms with van der Waals surface area (Å²) >= 11 is 0. The quantitative estimate of drug-likeness (QED) is 0.758. The molecule has 1 amide bonds. The largest absolute Gasteiger partial charge is 0.451 e. The molecule has 4 rings (SSSR count). The van der Waals surface area contributed by atoms with Gasteiger partial charge in [-0.05, 0) is 50.5 Å². The standard InChI is InChI=1S/C22H25N3O2/c1-15-19-5-3-4-6-20(19)27-21(15)22(26)24-18-9-13-25(14-10-18)16(2)17-7-11-23-12-8-17/h3-8,11-12,16,18H,9-10,13-14H2,1-2H3,(H,24,26)/t16-/m1/s1. The van der Waals surface area contributed by atoms with Gasteiger partial charge in [0.1, 0.15) is 5.58 Å². The van der Waals surface area contributed by atoms with E-state index in [0.717, 1.165) is 42.5 Å². The van der Waals surface area contributed by atoms with Crippen molar-refractivity contribution < 1.29 is 9.21 Å². The van der Waals surface area contributed by atoms with Crippen LogP contribution in [0.1, 0.15) is 47.5 Å². The number of nitrogens with zero attached hydrogens (tertiary/aromatic N) is 2. The fraction of sp³-hybridized carbons (Fsp3) is 0.364. The van der Waals surface area contributed by atoms with Gasteiger partial charge >= 0.3 is 0 Å². The maximum Gasteiger partial charge on any atom is 0.287 e. The summed E-state index contributed by atoms with van der Waals surface area (Å²) in [5, 5.41) is 4.17. The molecule has 5 heteroatoms. The van der Waals surface area contributed by atoms with Crippen molar-refractivity contribution in [3.8, 4) is 0 Å². The molecule has 0 bridgehead atoms. The van der Waals surface area contributed by atoms with Crippen LogP contribution in [-0.2, 0) is 0 Å². The number of amides is 1. The smallest absolute Gasteiger partial charge is 0.287 e. The number of rotatable bonds is 4. The SMILES string of the molecule is Cc1c(C(=O)NC2CCN([C@H](C)c3ccncc3)CC2)oc2ccccc12. The monoisotopic (exact) mass is 363 g/mol. The number of carbonyl (C=O) groups is 1. The first-order chi connectivity index (χ1) is 13.1. The lowest BCUT2D eigenvalue weighted by Crippen LogP contribution is -2.45. The van der Waals surface area contributed by atoms with Gasteiger partial charge in [0.15, 0.2) is 5.76 Å². The van der Waals surface area contributed by atoms with E-state index in [0.29, 0.717) is 11.8 Å². The number of para-hydroxylation sites is 1. The molecule has 2 aromatic heterocycles. The zero-order valence-corrected chi connectivity index (χ0v) is 15.8. The Morgan fingerprint density at radius 1 is 1.19 bits per heavy atom. The van der Waals surface area contributed by atoms with E-state index in [1.165, 1.54) is 5.56 Å². The van der Waals surface area contributed by atoms with Crippen LogP contribution in [-0.4, -0.2) is 34.9 Å². The van der Waals surface area contributed by atoms with Gasteiger partial charge in [0, 0.05) is 48.5 Å². The van der Waals surface area contributed by atoms with Gasteiger partial charge < -0.3 is 9.73 Å². The predicted octanol–water partition coefficient (Wildman–Crippen LogP) is 4.09. The van der Waals surface area contributed by atoms with E-state index < -0.39 is 0 Å². The molecule has 1 fully saturated rings. The van der Waals surface area contributed by atoms with Crippen LogP contribution in [0.2, 0.25) is 0 Å². The number of benzene rings is 1. The molecular formula is C22H25N3O2. The molecule has 0 unspecified atom stereocenters. The minimum absolute atomic E-state index is 0.107. The number of hydrogen-bond acceptors (Lipinski definition) is 4. The highest BCUT2D eigenvalue weighted by Gasteiger charge is 2.26. The van der Waals surface area contributed by atoms with E-state index in [9.17, 15) is 4.79 Å². The van der Waals surface area contributed by atoms with Crippen LogP contribution in [0.4, 0.5) is 0 Å². The number of carbonyl (C=O) groups excluding carboxylic acids is 1. The van der Waals surface area contributed by atoms with Gasteiger partial charge in [0.05, 0.1) is 0 Å². The minimum Gasteiger partial charge on any atom is -0.451 e. The highest BCUT2D eigenvalue weighted by molar-refractivity contribution is 5.99. The molecule has 1 aliphatic heterocycles. The second-order valence-corrected chi connectivity index (χ2v) is 7.29. The van der Waals surface area contributed by atoms with E-state index in [-0.39, 0.29) is 11.9 Å². The molecule has 27 heavy (non-hydrogen) atoms. The first kappa shape index (κ1) is 17.7. The highest BCUT2D eigenvalue weighted by Crippen LogP contribution is 2.26. The van der Waals surface area contributed by atoms with Gasteiger partial charge in [-0.2, -0.15) is 0 Å². The van der Waals surface area contributed by atoms with Crippen molar-refractivity contribution in [2.24, 2.45) is 0 Å². The molecule has 3 heterocycles. The number of aromatic nitrogens is 1. The van der Waals surface area contributed by atoms with Crippen LogP contribution in [0.5, 0.6) is 0 Å². The van der Waals surface area contributed by atoms with E-state index >= 15 is 0 Å². The van der Waals surface area contributed by atoms with E-state index in [2.05, 4.69) is 34.3 Å². The Balaban J connectivity index is 1.37. The van der Waals surface area contributed by atoms with Crippen LogP contribution in [0.15, 0.2) is 53.2 Å². The highest BCUT2D eigenvalue weighted by atomic mass is 16.3. The number of piperidine rings is 1. The third-order valence-corrected chi connectivity index (χ3v) is 5.65. The molecule has 1 atom stereocenters. The van der Waals surface area contributed by atoms with Crippen molar-refractivity contribution in [3.63, 3.8) is 0 Å². The molecule has 1 aliphatic rings. The van der Waals surface area contributed by atoms with Crippen molar-refractivity contribution >= 4 is 16.9 Å². The van der Waals surface area contributed by atoms with Crippen LogP contribution in [0.25, 0.3) is 11.0 Å². The summed E-state index contributed by atoms with van der Waals surface area (Å²) in [5.74, 6) is 0.327. The van der Waals surface area contributed by atoms with Gasteiger partial charge in [0.2, 0.25) is 0 Å². The Bertz CT molecular complexity index is 927. The van der Waals surface area contributed by atoms with Crippen molar-refractivity contribution in [2.75, 3.05) is 13.1 Å².